The lowest BCUT2D eigenvalue weighted by Crippen LogP contribution is -2.33. The van der Waals surface area contributed by atoms with Crippen molar-refractivity contribution in [2.75, 3.05) is 0 Å². The number of hydrogen-bond donors (Lipinski definition) is 0. The molecule has 0 radical (unpaired) electrons. The molecule has 0 fully saturated rings. The van der Waals surface area contributed by atoms with Gasteiger partial charge in [0.1, 0.15) is 44.7 Å². The summed E-state index contributed by atoms with van der Waals surface area (Å²) >= 11 is 0. The third-order valence-corrected chi connectivity index (χ3v) is 13.5. The van der Waals surface area contributed by atoms with E-state index < -0.39 is 22.2 Å². The Kier molecular flexibility index (Phi) is 8.19. The van der Waals surface area contributed by atoms with E-state index in [4.69, 9.17) is 17.7 Å². The lowest BCUT2D eigenvalue weighted by Gasteiger charge is -2.20. The van der Waals surface area contributed by atoms with Crippen LogP contribution in [-0.4, -0.2) is 9.13 Å². The maximum atomic E-state index is 14.9. The second kappa shape index (κ2) is 14.1. The lowest BCUT2D eigenvalue weighted by molar-refractivity contribution is 0.604. The van der Waals surface area contributed by atoms with Gasteiger partial charge in [-0.1, -0.05) is 99.5 Å². The fourth-order valence-electron chi connectivity index (χ4n) is 10.6. The summed E-state index contributed by atoms with van der Waals surface area (Å²) in [5.74, 6) is 0. The Bertz CT molecular complexity index is 4030. The minimum absolute atomic E-state index is 0.227. The summed E-state index contributed by atoms with van der Waals surface area (Å²) in [5.41, 5.74) is 1.56. The molecule has 0 amide bonds. The van der Waals surface area contributed by atoms with Gasteiger partial charge in [0.15, 0.2) is 0 Å². The summed E-state index contributed by atoms with van der Waals surface area (Å²) in [6.07, 6.45) is 2.78. The Labute approximate surface area is 371 Å². The Morgan fingerprint density at radius 1 is 0.318 bits per heavy atom. The van der Waals surface area contributed by atoms with Gasteiger partial charge in [-0.3, -0.25) is 28.3 Å². The molecule has 13 rings (SSSR count). The number of unbranched alkanes of at least 4 members (excludes halogenated alkanes) is 2. The van der Waals surface area contributed by atoms with Crippen molar-refractivity contribution in [1.29, 1.82) is 0 Å². The molecule has 0 aliphatic rings. The maximum Gasteiger partial charge on any atom is 0.261 e. The fourth-order valence-corrected chi connectivity index (χ4v) is 10.6. The molecule has 10 heteroatoms. The van der Waals surface area contributed by atoms with Gasteiger partial charge in [0, 0.05) is 77.7 Å². The summed E-state index contributed by atoms with van der Waals surface area (Å²) < 4.78 is 31.4. The Morgan fingerprint density at radius 2 is 0.576 bits per heavy atom. The largest absolute Gasteiger partial charge is 0.456 e. The molecule has 0 atom stereocenters. The van der Waals surface area contributed by atoms with Crippen LogP contribution in [0.4, 0.5) is 0 Å². The fraction of sp³-hybridized carbons (Fsp3) is 0.143. The summed E-state index contributed by atoms with van der Waals surface area (Å²) in [6, 6.07) is 37.5. The molecule has 0 spiro atoms. The molecule has 13 aromatic rings. The zero-order valence-electron chi connectivity index (χ0n) is 36.0. The van der Waals surface area contributed by atoms with E-state index in [-0.39, 0.29) is 13.1 Å². The smallest absolute Gasteiger partial charge is 0.261 e. The molecule has 4 heterocycles. The topological polar surface area (TPSA) is 131 Å². The van der Waals surface area contributed by atoms with Gasteiger partial charge in [-0.2, -0.15) is 0 Å². The first kappa shape index (κ1) is 38.2. The van der Waals surface area contributed by atoms with Crippen molar-refractivity contribution in [3.63, 3.8) is 0 Å². The third kappa shape index (κ3) is 5.17. The zero-order valence-corrected chi connectivity index (χ0v) is 36.0. The Hall–Kier alpha value is -8.24. The van der Waals surface area contributed by atoms with Gasteiger partial charge in [-0.15, -0.1) is 0 Å². The van der Waals surface area contributed by atoms with Crippen LogP contribution in [0.2, 0.25) is 0 Å². The van der Waals surface area contributed by atoms with Gasteiger partial charge in [-0.05, 0) is 61.4 Å². The minimum Gasteiger partial charge on any atom is -0.456 e. The molecule has 0 N–H and O–H groups in total. The third-order valence-electron chi connectivity index (χ3n) is 13.5. The number of para-hydroxylation sites is 4. The highest BCUT2D eigenvalue weighted by Gasteiger charge is 2.30. The van der Waals surface area contributed by atoms with Gasteiger partial charge in [0.05, 0.1) is 21.5 Å². The molecule has 9 aromatic carbocycles. The summed E-state index contributed by atoms with van der Waals surface area (Å²) in [4.78, 5) is 59.8. The van der Waals surface area contributed by atoms with Gasteiger partial charge in [0.2, 0.25) is 0 Å². The first-order valence-electron chi connectivity index (χ1n) is 22.5. The number of nitrogens with zero attached hydrogens (tertiary/aromatic N) is 2. The van der Waals surface area contributed by atoms with Crippen molar-refractivity contribution >= 4 is 131 Å². The zero-order chi connectivity index (χ0) is 44.5. The van der Waals surface area contributed by atoms with E-state index in [0.717, 1.165) is 34.4 Å². The van der Waals surface area contributed by atoms with Gasteiger partial charge in [-0.25, -0.2) is 0 Å². The minimum atomic E-state index is -0.435. The molecular weight excluding hydrogens is 829 g/mol. The molecule has 0 saturated heterocycles. The van der Waals surface area contributed by atoms with Crippen LogP contribution in [0, 0.1) is 0 Å². The quantitative estimate of drug-likeness (QED) is 0.119. The van der Waals surface area contributed by atoms with Gasteiger partial charge >= 0.3 is 0 Å². The van der Waals surface area contributed by atoms with Crippen LogP contribution in [0.15, 0.2) is 158 Å². The second-order valence-electron chi connectivity index (χ2n) is 17.3. The summed E-state index contributed by atoms with van der Waals surface area (Å²) in [6.45, 7) is 4.50. The highest BCUT2D eigenvalue weighted by atomic mass is 16.3. The van der Waals surface area contributed by atoms with Crippen molar-refractivity contribution in [1.82, 2.24) is 9.13 Å². The number of aromatic nitrogens is 2. The molecule has 10 nitrogen and oxygen atoms in total. The predicted octanol–water partition coefficient (Wildman–Crippen LogP) is 13.1. The molecular formula is C56H38N2O8. The predicted molar refractivity (Wildman–Crippen MR) is 265 cm³/mol. The summed E-state index contributed by atoms with van der Waals surface area (Å²) in [5, 5.41) is 8.13. The second-order valence-corrected chi connectivity index (χ2v) is 17.3. The lowest BCUT2D eigenvalue weighted by atomic mass is 9.85. The molecule has 0 saturated carbocycles. The van der Waals surface area contributed by atoms with Crippen LogP contribution in [0.3, 0.4) is 0 Å². The van der Waals surface area contributed by atoms with E-state index in [0.29, 0.717) is 122 Å². The molecule has 0 unspecified atom stereocenters. The van der Waals surface area contributed by atoms with Crippen LogP contribution in [0.5, 0.6) is 0 Å². The first-order chi connectivity index (χ1) is 32.3. The highest BCUT2D eigenvalue weighted by molar-refractivity contribution is 6.47. The molecule has 66 heavy (non-hydrogen) atoms. The van der Waals surface area contributed by atoms with Crippen molar-refractivity contribution < 1.29 is 17.7 Å². The normalized spacial score (nSPS) is 12.4. The SMILES string of the molecule is CCCCn1c(=O)c2cc3oc4ccccc4c4ccccc4oc4cc5c(=O)n(CCCC)c(=O)c6cc7oc8ccccc8c8ccccc8oc8cc(c1=O)c2c1c3c4c(c56)c7c81. The molecule has 4 aromatic heterocycles. The monoisotopic (exact) mass is 866 g/mol. The van der Waals surface area contributed by atoms with E-state index in [1.807, 2.05) is 111 Å². The molecule has 0 aliphatic heterocycles. The van der Waals surface area contributed by atoms with E-state index >= 15 is 0 Å². The number of rotatable bonds is 6. The molecule has 320 valence electrons. The van der Waals surface area contributed by atoms with E-state index in [9.17, 15) is 19.2 Å². The molecule has 0 bridgehead atoms. The van der Waals surface area contributed by atoms with Crippen molar-refractivity contribution in [3.05, 3.63) is 163 Å². The standard InChI is InChI=1S/C56H38N2O8/c1-3-5-23-57-53(59)33-25-41-47-49-43(65-39-21-13-9-17-31(39)29-15-7-11-19-37(29)63-41)27-35-46-36(56(62)58(55(35)61)24-6-4-2)28-44-50(52(46)49)48-42(26-34(54(57)60)45(33)51(47)48)64-38-20-12-8-16-30(38)32-18-10-14-22-40(32)66-44/h7-22,25-28H,3-6,23-24H2,1-2H3. The summed E-state index contributed by atoms with van der Waals surface area (Å²) in [7, 11) is 0. The number of benzene rings is 9. The Morgan fingerprint density at radius 3 is 0.833 bits per heavy atom. The van der Waals surface area contributed by atoms with E-state index in [1.54, 1.807) is 24.3 Å². The van der Waals surface area contributed by atoms with Crippen molar-refractivity contribution in [2.24, 2.45) is 0 Å². The first-order valence-corrected chi connectivity index (χ1v) is 22.5. The molecule has 0 aliphatic carbocycles. The van der Waals surface area contributed by atoms with Crippen LogP contribution in [0.1, 0.15) is 39.5 Å². The van der Waals surface area contributed by atoms with Gasteiger partial charge < -0.3 is 17.7 Å². The van der Waals surface area contributed by atoms with Crippen molar-refractivity contribution in [3.8, 4) is 0 Å². The van der Waals surface area contributed by atoms with Gasteiger partial charge in [0.25, 0.3) is 22.2 Å². The average Bonchev–Trinajstić information content (AvgIpc) is 3.33. The average molecular weight is 867 g/mol. The van der Waals surface area contributed by atoms with E-state index in [2.05, 4.69) is 0 Å². The van der Waals surface area contributed by atoms with E-state index in [1.165, 1.54) is 9.13 Å². The highest BCUT2D eigenvalue weighted by Crippen LogP contribution is 2.50. The van der Waals surface area contributed by atoms with Crippen LogP contribution < -0.4 is 22.2 Å². The van der Waals surface area contributed by atoms with Crippen LogP contribution in [-0.2, 0) is 13.1 Å². The van der Waals surface area contributed by atoms with Crippen molar-refractivity contribution in [2.45, 2.75) is 52.6 Å². The number of pyridine rings is 2. The van der Waals surface area contributed by atoms with Crippen LogP contribution >= 0.6 is 0 Å². The van der Waals surface area contributed by atoms with Crippen LogP contribution in [0.25, 0.3) is 131 Å². The Balaban J connectivity index is 1.48. The maximum absolute atomic E-state index is 14.9. The number of hydrogen-bond acceptors (Lipinski definition) is 8. The number of fused-ring (bicyclic) bond motifs is 6.